The Morgan fingerprint density at radius 1 is 0.941 bits per heavy atom. The molecule has 0 aromatic heterocycles. The van der Waals surface area contributed by atoms with Crippen molar-refractivity contribution in [2.24, 2.45) is 0 Å². The van der Waals surface area contributed by atoms with Gasteiger partial charge in [-0.3, -0.25) is 4.79 Å². The number of ether oxygens (including phenoxy) is 2. The van der Waals surface area contributed by atoms with E-state index in [0.29, 0.717) is 6.42 Å². The van der Waals surface area contributed by atoms with E-state index in [9.17, 15) is 23.9 Å². The van der Waals surface area contributed by atoms with Crippen molar-refractivity contribution in [1.29, 1.82) is 0 Å². The summed E-state index contributed by atoms with van der Waals surface area (Å²) in [5.74, 6) is 18.5. The summed E-state index contributed by atoms with van der Waals surface area (Å²) in [6, 6.07) is 0. The second kappa shape index (κ2) is 26.8. The van der Waals surface area contributed by atoms with Gasteiger partial charge < -0.3 is 28.3 Å². The van der Waals surface area contributed by atoms with Crippen LogP contribution in [0.1, 0.15) is 58.3 Å². The number of rotatable bonds is 12. The summed E-state index contributed by atoms with van der Waals surface area (Å²) in [5, 5.41) is 0. The molecule has 12 heteroatoms. The molecule has 0 radical (unpaired) electrons. The molecule has 1 atom stereocenters. The van der Waals surface area contributed by atoms with Gasteiger partial charge in [-0.15, -0.1) is 6.42 Å². The van der Waals surface area contributed by atoms with E-state index in [1.807, 2.05) is 5.92 Å². The number of hydrogen-bond acceptors (Lipinski definition) is 8. The predicted molar refractivity (Wildman–Crippen MR) is 137 cm³/mol. The maximum Gasteiger partial charge on any atom is 1.00 e. The average molecular weight is 543 g/mol. The minimum atomic E-state index is -5.29. The topological polar surface area (TPSA) is 125 Å². The van der Waals surface area contributed by atoms with Gasteiger partial charge >= 0.3 is 71.1 Å². The molecule has 0 aliphatic heterocycles. The van der Waals surface area contributed by atoms with Gasteiger partial charge in [0.2, 0.25) is 0 Å². The second-order valence-electron chi connectivity index (χ2n) is 5.76. The van der Waals surface area contributed by atoms with Crippen molar-refractivity contribution in [3.8, 4) is 59.7 Å². The SMILES string of the molecule is C#CC#CC#CC#CC#CC(=O)OC[C@@H](COP(=O)([O-])[O-])OC(=O)CCCCCCC.S.[HH].[HH].[HH].[HH].[HH].[HH].[HH].[HH].[HH].[Na+].[Na+]. The molecular formula is C22H41Na2O8PS. The van der Waals surface area contributed by atoms with Gasteiger partial charge in [-0.1, -0.05) is 32.6 Å². The third-order valence-corrected chi connectivity index (χ3v) is 3.68. The Hall–Kier alpha value is -0.800. The van der Waals surface area contributed by atoms with Crippen molar-refractivity contribution in [3.63, 3.8) is 0 Å². The van der Waals surface area contributed by atoms with Gasteiger partial charge in [-0.25, -0.2) is 4.79 Å². The van der Waals surface area contributed by atoms with E-state index in [4.69, 9.17) is 15.9 Å². The van der Waals surface area contributed by atoms with Gasteiger partial charge in [0.15, 0.2) is 6.10 Å². The quantitative estimate of drug-likeness (QED) is 0.0625. The molecule has 0 aromatic carbocycles. The Labute approximate surface area is 266 Å². The van der Waals surface area contributed by atoms with Crippen molar-refractivity contribution in [2.45, 2.75) is 51.6 Å². The van der Waals surface area contributed by atoms with E-state index in [1.165, 1.54) is 0 Å². The van der Waals surface area contributed by atoms with Crippen LogP contribution in [0.4, 0.5) is 0 Å². The Bertz CT molecular complexity index is 975. The zero-order valence-corrected chi connectivity index (χ0v) is 25.4. The fourth-order valence-electron chi connectivity index (χ4n) is 1.89. The Morgan fingerprint density at radius 2 is 1.50 bits per heavy atom. The molecule has 0 amide bonds. The summed E-state index contributed by atoms with van der Waals surface area (Å²) in [4.78, 5) is 44.8. The number of esters is 2. The average Bonchev–Trinajstić information content (AvgIpc) is 2.71. The molecule has 0 aliphatic rings. The summed E-state index contributed by atoms with van der Waals surface area (Å²) < 4.78 is 24.6. The molecule has 8 nitrogen and oxygen atoms in total. The molecule has 0 bridgehead atoms. The standard InChI is InChI=1S/C22H23O8P.2Na.H2S.9H2/c1-3-5-7-9-10-11-13-14-16-21(23)28-18-20(19-29-31(25,26)27)30-22(24)17-15-12-8-6-4-2;;;;;;;;;;;;/h1,20H,4,6,8,12,15,17-19H2,2H3,(H2,25,26,27);;;1H2;9*1H/q;2*+1;;;;;;;;;;/p-2/t20-;;;;;;;;;;;;/m0............/s1. The van der Waals surface area contributed by atoms with E-state index in [2.05, 4.69) is 58.8 Å². The third kappa shape index (κ3) is 29.2. The number of phosphoric acid groups is 1. The van der Waals surface area contributed by atoms with Crippen LogP contribution in [0.15, 0.2) is 0 Å². The van der Waals surface area contributed by atoms with Gasteiger partial charge in [0.25, 0.3) is 0 Å². The largest absolute Gasteiger partial charge is 1.00 e. The van der Waals surface area contributed by atoms with Crippen LogP contribution in [0, 0.1) is 59.7 Å². The number of terminal acetylenes is 1. The molecule has 0 rings (SSSR count). The molecule has 0 saturated heterocycles. The van der Waals surface area contributed by atoms with Crippen molar-refractivity contribution in [3.05, 3.63) is 0 Å². The van der Waals surface area contributed by atoms with E-state index < -0.39 is 39.1 Å². The minimum Gasteiger partial charge on any atom is -0.790 e. The maximum atomic E-state index is 11.9. The van der Waals surface area contributed by atoms with Gasteiger partial charge in [-0.05, 0) is 53.8 Å². The first-order valence-corrected chi connectivity index (χ1v) is 10.7. The van der Waals surface area contributed by atoms with Crippen molar-refractivity contribution in [2.75, 3.05) is 13.2 Å². The van der Waals surface area contributed by atoms with Crippen LogP contribution in [0.25, 0.3) is 0 Å². The molecule has 0 fully saturated rings. The maximum absolute atomic E-state index is 11.9. The summed E-state index contributed by atoms with van der Waals surface area (Å²) >= 11 is 0. The van der Waals surface area contributed by atoms with Crippen molar-refractivity contribution in [1.82, 2.24) is 0 Å². The minimum absolute atomic E-state index is 0. The first kappa shape index (κ1) is 40.4. The molecule has 0 heterocycles. The number of hydrogen-bond donors (Lipinski definition) is 0. The van der Waals surface area contributed by atoms with Gasteiger partial charge in [0.05, 0.1) is 14.4 Å². The summed E-state index contributed by atoms with van der Waals surface area (Å²) in [6.07, 6.45) is 8.24. The molecule has 0 aromatic rings. The summed E-state index contributed by atoms with van der Waals surface area (Å²) in [5.41, 5.74) is 0. The van der Waals surface area contributed by atoms with E-state index in [1.54, 1.807) is 0 Å². The monoisotopic (exact) mass is 542 g/mol. The Balaban J connectivity index is -0.0000000682. The zero-order chi connectivity index (χ0) is 23.4. The molecule has 34 heavy (non-hydrogen) atoms. The van der Waals surface area contributed by atoms with Crippen LogP contribution in [0.5, 0.6) is 0 Å². The van der Waals surface area contributed by atoms with Crippen LogP contribution in [0.2, 0.25) is 0 Å². The first-order valence-electron chi connectivity index (χ1n) is 9.28. The molecule has 0 N–H and O–H groups in total. The number of unbranched alkanes of at least 4 members (excludes halogenated alkanes) is 4. The first-order chi connectivity index (χ1) is 14.8. The van der Waals surface area contributed by atoms with E-state index in [0.717, 1.165) is 25.7 Å². The molecule has 0 unspecified atom stereocenters. The Kier molecular flexibility index (Phi) is 31.8. The molecule has 0 spiro atoms. The fraction of sp³-hybridized carbons (Fsp3) is 0.455. The summed E-state index contributed by atoms with van der Waals surface area (Å²) in [6.45, 7) is 0.735. The van der Waals surface area contributed by atoms with Crippen LogP contribution in [0.3, 0.4) is 0 Å². The number of carbonyl (C=O) groups is 2. The normalized spacial score (nSPS) is 9.24. The zero-order valence-electron chi connectivity index (χ0n) is 19.5. The van der Waals surface area contributed by atoms with Crippen LogP contribution in [-0.2, 0) is 28.2 Å². The third-order valence-electron chi connectivity index (χ3n) is 3.21. The van der Waals surface area contributed by atoms with Gasteiger partial charge in [0, 0.05) is 25.2 Å². The second-order valence-corrected chi connectivity index (χ2v) is 6.91. The Morgan fingerprint density at radius 3 is 2.06 bits per heavy atom. The fourth-order valence-corrected chi connectivity index (χ4v) is 2.24. The smallest absolute Gasteiger partial charge is 0.790 e. The predicted octanol–water partition coefficient (Wildman–Crippen LogP) is -3.37. The van der Waals surface area contributed by atoms with Gasteiger partial charge in [-0.2, -0.15) is 13.5 Å². The van der Waals surface area contributed by atoms with Crippen molar-refractivity contribution >= 4 is 33.3 Å². The summed E-state index contributed by atoms with van der Waals surface area (Å²) in [7, 11) is -5.29. The molecule has 0 aliphatic carbocycles. The van der Waals surface area contributed by atoms with Gasteiger partial charge in [0.1, 0.15) is 6.61 Å². The van der Waals surface area contributed by atoms with E-state index >= 15 is 0 Å². The van der Waals surface area contributed by atoms with E-state index in [-0.39, 0.29) is 91.9 Å². The van der Waals surface area contributed by atoms with Crippen LogP contribution in [-0.4, -0.2) is 31.3 Å². The van der Waals surface area contributed by atoms with Crippen molar-refractivity contribution < 1.29 is 110 Å². The van der Waals surface area contributed by atoms with Crippen LogP contribution < -0.4 is 68.9 Å². The number of carbonyl (C=O) groups excluding carboxylic acids is 2. The molecule has 0 saturated carbocycles. The molecule has 190 valence electrons. The van der Waals surface area contributed by atoms with Crippen LogP contribution >= 0.6 is 21.3 Å². The molecular weight excluding hydrogens is 501 g/mol. The number of phosphoric ester groups is 1.